The van der Waals surface area contributed by atoms with E-state index in [0.29, 0.717) is 26.7 Å². The van der Waals surface area contributed by atoms with Crippen LogP contribution in [0.15, 0.2) is 35.5 Å². The van der Waals surface area contributed by atoms with Crippen molar-refractivity contribution in [2.45, 2.75) is 70.8 Å². The Morgan fingerprint density at radius 2 is 1.95 bits per heavy atom. The molecule has 2 atom stereocenters. The molecule has 1 aliphatic rings. The Balaban J connectivity index is 1.64. The maximum absolute atomic E-state index is 12.2. The minimum atomic E-state index is -1.91. The van der Waals surface area contributed by atoms with E-state index >= 15 is 0 Å². The first-order valence-corrected chi connectivity index (χ1v) is 16.1. The molecule has 1 amide bonds. The Morgan fingerprint density at radius 1 is 1.27 bits per heavy atom. The van der Waals surface area contributed by atoms with Crippen molar-refractivity contribution < 1.29 is 13.9 Å². The van der Waals surface area contributed by atoms with E-state index in [4.69, 9.17) is 9.41 Å². The second-order valence-corrected chi connectivity index (χ2v) is 16.3. The van der Waals surface area contributed by atoms with Gasteiger partial charge in [0.1, 0.15) is 0 Å². The van der Waals surface area contributed by atoms with Gasteiger partial charge in [-0.05, 0) is 25.1 Å². The van der Waals surface area contributed by atoms with Crippen molar-refractivity contribution in [3.63, 3.8) is 0 Å². The van der Waals surface area contributed by atoms with E-state index in [0.717, 1.165) is 42.2 Å². The predicted octanol–water partition coefficient (Wildman–Crippen LogP) is 3.98. The molecule has 2 unspecified atom stereocenters. The summed E-state index contributed by atoms with van der Waals surface area (Å²) in [7, 11) is 0.771. The topological polar surface area (TPSA) is 88.8 Å². The summed E-state index contributed by atoms with van der Waals surface area (Å²) in [6, 6.07) is 8.04. The van der Waals surface area contributed by atoms with Gasteiger partial charge in [0.15, 0.2) is 8.32 Å². The SMILES string of the molecule is CC(O[Si](C)(C)C(C)(C)C)c1nc(-c2ccc(CC(CNC(=O)CN3CCC3)N=CB=O)cc2)cn1C. The molecule has 0 radical (unpaired) electrons. The van der Waals surface area contributed by atoms with Gasteiger partial charge in [-0.2, -0.15) is 0 Å². The molecule has 37 heavy (non-hydrogen) atoms. The molecule has 0 bridgehead atoms. The normalized spacial score (nSPS) is 16.3. The standard InChI is InChI=1S/C27H42BN5O3Si/c1-20(36-37(6,7)27(2,3)4)26-31-24(17-32(26)5)22-11-9-21(10-12-22)15-23(30-19-28-35)16-29-25(34)18-33-13-8-14-33/h9-12,17,19-20,23H,8,13-16,18H2,1-7H3,(H,29,34). The number of aryl methyl sites for hydroxylation is 1. The quantitative estimate of drug-likeness (QED) is 0.336. The third kappa shape index (κ3) is 8.03. The molecule has 200 valence electrons. The van der Waals surface area contributed by atoms with Gasteiger partial charge >= 0.3 is 165 Å². The van der Waals surface area contributed by atoms with Crippen LogP contribution in [0.5, 0.6) is 0 Å². The summed E-state index contributed by atoms with van der Waals surface area (Å²) >= 11 is 0. The van der Waals surface area contributed by atoms with Crippen LogP contribution in [0.4, 0.5) is 0 Å². The molecule has 1 N–H and O–H groups in total. The number of benzene rings is 1. The molecule has 0 aliphatic carbocycles. The monoisotopic (exact) mass is 523 g/mol. The number of rotatable bonds is 12. The molecule has 8 nitrogen and oxygen atoms in total. The summed E-state index contributed by atoms with van der Waals surface area (Å²) < 4.78 is 19.5. The Hall–Kier alpha value is -2.43. The first-order chi connectivity index (χ1) is 17.4. The van der Waals surface area contributed by atoms with Crippen LogP contribution >= 0.6 is 0 Å². The van der Waals surface area contributed by atoms with Gasteiger partial charge in [-0.3, -0.25) is 0 Å². The third-order valence-electron chi connectivity index (χ3n) is 7.48. The summed E-state index contributed by atoms with van der Waals surface area (Å²) in [5.41, 5.74) is 3.02. The second kappa shape index (κ2) is 12.4. The summed E-state index contributed by atoms with van der Waals surface area (Å²) in [5.74, 6) is 0.917. The molecular weight excluding hydrogens is 481 g/mol. The number of carbonyl (C=O) groups is 1. The summed E-state index contributed by atoms with van der Waals surface area (Å²) in [5, 5.41) is 3.10. The molecule has 10 heteroatoms. The van der Waals surface area contributed by atoms with Crippen LogP contribution in [0, 0.1) is 0 Å². The molecule has 1 aromatic heterocycles. The molecule has 1 aromatic carbocycles. The molecule has 1 fully saturated rings. The number of aromatic nitrogens is 2. The Labute approximate surface area is 223 Å². The number of hydrogen-bond acceptors (Lipinski definition) is 6. The van der Waals surface area contributed by atoms with Crippen molar-refractivity contribution in [3.05, 3.63) is 41.9 Å². The fraction of sp³-hybridized carbons (Fsp3) is 0.593. The van der Waals surface area contributed by atoms with Crippen LogP contribution in [0.3, 0.4) is 0 Å². The van der Waals surface area contributed by atoms with Crippen LogP contribution < -0.4 is 5.32 Å². The van der Waals surface area contributed by atoms with E-state index in [-0.39, 0.29) is 23.1 Å². The third-order valence-corrected chi connectivity index (χ3v) is 12.0. The Morgan fingerprint density at radius 3 is 2.51 bits per heavy atom. The van der Waals surface area contributed by atoms with Gasteiger partial charge in [-0.25, -0.2) is 0 Å². The van der Waals surface area contributed by atoms with Crippen LogP contribution in [-0.4, -0.2) is 74.2 Å². The van der Waals surface area contributed by atoms with Crippen LogP contribution in [-0.2, 0) is 27.4 Å². The first kappa shape index (κ1) is 29.1. The second-order valence-electron chi connectivity index (χ2n) is 11.5. The molecule has 2 heterocycles. The van der Waals surface area contributed by atoms with Gasteiger partial charge in [0.25, 0.3) is 0 Å². The number of amides is 1. The molecule has 0 spiro atoms. The number of nitrogens with zero attached hydrogens (tertiary/aromatic N) is 4. The van der Waals surface area contributed by atoms with Crippen molar-refractivity contribution in [3.8, 4) is 11.3 Å². The fourth-order valence-corrected chi connectivity index (χ4v) is 5.46. The van der Waals surface area contributed by atoms with Crippen LogP contribution in [0.2, 0.25) is 18.1 Å². The number of aliphatic imine (C=N–C) groups is 1. The van der Waals surface area contributed by atoms with Gasteiger partial charge in [0.05, 0.1) is 0 Å². The summed E-state index contributed by atoms with van der Waals surface area (Å²) in [4.78, 5) is 23.5. The number of likely N-dealkylation sites (tertiary alicyclic amines) is 1. The van der Waals surface area contributed by atoms with E-state index in [1.165, 1.54) is 6.11 Å². The zero-order chi connectivity index (χ0) is 27.2. The Kier molecular flexibility index (Phi) is 9.77. The van der Waals surface area contributed by atoms with Crippen molar-refractivity contribution in [1.29, 1.82) is 0 Å². The van der Waals surface area contributed by atoms with Gasteiger partial charge < -0.3 is 4.43 Å². The van der Waals surface area contributed by atoms with E-state index in [1.54, 1.807) is 0 Å². The summed E-state index contributed by atoms with van der Waals surface area (Å²) in [6.07, 6.45) is 4.99. The maximum atomic E-state index is 12.2. The average molecular weight is 524 g/mol. The molecule has 0 saturated carbocycles. The van der Waals surface area contributed by atoms with Crippen LogP contribution in [0.1, 0.15) is 51.6 Å². The first-order valence-electron chi connectivity index (χ1n) is 13.2. The number of carbonyl (C=O) groups excluding carboxylic acids is 1. The molecule has 3 rings (SSSR count). The van der Waals surface area contributed by atoms with Gasteiger partial charge in [-0.15, -0.1) is 0 Å². The van der Waals surface area contributed by atoms with Gasteiger partial charge in [0.2, 0.25) is 0 Å². The zero-order valence-corrected chi connectivity index (χ0v) is 24.5. The van der Waals surface area contributed by atoms with Crippen molar-refractivity contribution in [1.82, 2.24) is 19.8 Å². The van der Waals surface area contributed by atoms with Crippen molar-refractivity contribution in [2.24, 2.45) is 12.0 Å². The van der Waals surface area contributed by atoms with E-state index in [9.17, 15) is 9.50 Å². The van der Waals surface area contributed by atoms with E-state index in [1.807, 2.05) is 17.8 Å². The minimum absolute atomic E-state index is 0.000862. The van der Waals surface area contributed by atoms with Crippen LogP contribution in [0.25, 0.3) is 11.3 Å². The fourth-order valence-electron chi connectivity index (χ4n) is 4.12. The molecule has 2 aromatic rings. The Bertz CT molecular complexity index is 1090. The number of nitrogens with one attached hydrogen (secondary N) is 1. The summed E-state index contributed by atoms with van der Waals surface area (Å²) in [6.45, 7) is 16.1. The van der Waals surface area contributed by atoms with Gasteiger partial charge in [0, 0.05) is 0 Å². The molecule has 1 saturated heterocycles. The molecular formula is C27H42BN5O3Si. The molecule has 1 aliphatic heterocycles. The van der Waals surface area contributed by atoms with Crippen molar-refractivity contribution in [2.75, 3.05) is 26.2 Å². The van der Waals surface area contributed by atoms with Crippen molar-refractivity contribution >= 4 is 27.5 Å². The predicted molar refractivity (Wildman–Crippen MR) is 152 cm³/mol. The number of imidazole rings is 1. The van der Waals surface area contributed by atoms with E-state index < -0.39 is 8.32 Å². The number of hydrogen-bond donors (Lipinski definition) is 1. The average Bonchev–Trinajstić information content (AvgIpc) is 3.19. The zero-order valence-electron chi connectivity index (χ0n) is 23.5. The van der Waals surface area contributed by atoms with Gasteiger partial charge in [-0.1, -0.05) is 20.8 Å². The van der Waals surface area contributed by atoms with E-state index in [2.05, 4.69) is 80.3 Å².